The molecule has 0 bridgehead atoms. The van der Waals surface area contributed by atoms with Crippen molar-refractivity contribution in [2.24, 2.45) is 5.92 Å². The van der Waals surface area contributed by atoms with Crippen molar-refractivity contribution in [1.29, 1.82) is 0 Å². The molecule has 26 heavy (non-hydrogen) atoms. The number of methoxy groups -OCH3 is 1. The van der Waals surface area contributed by atoms with Gasteiger partial charge in [-0.25, -0.2) is 4.79 Å². The normalized spacial score (nSPS) is 27.9. The maximum atomic E-state index is 11.8. The first-order valence-electron chi connectivity index (χ1n) is 8.99. The third-order valence-electron chi connectivity index (χ3n) is 6.08. The van der Waals surface area contributed by atoms with E-state index in [0.717, 1.165) is 35.3 Å². The van der Waals surface area contributed by atoms with E-state index in [2.05, 4.69) is 17.4 Å². The van der Waals surface area contributed by atoms with Crippen molar-refractivity contribution >= 4 is 23.3 Å². The Bertz CT molecular complexity index is 912. The Morgan fingerprint density at radius 1 is 1.31 bits per heavy atom. The Morgan fingerprint density at radius 2 is 2.19 bits per heavy atom. The average molecular weight is 370 g/mol. The standard InChI is InChI=1S/C21H20ClNO3/c1-25-20(24)12-2-5-19-18(7-12)23-10-21(11-26-19)9-13-6-15(13)16-8-14(22)3-4-17(16)21/h2-5,7-8,13,15,23H,6,9-11H2,1H3/t13-,15-,21-/m0/s1. The second-order valence-corrected chi connectivity index (χ2v) is 8.10. The first-order valence-corrected chi connectivity index (χ1v) is 9.36. The van der Waals surface area contributed by atoms with Crippen LogP contribution in [-0.2, 0) is 10.2 Å². The van der Waals surface area contributed by atoms with E-state index in [1.165, 1.54) is 24.7 Å². The van der Waals surface area contributed by atoms with Gasteiger partial charge in [0.05, 0.1) is 25.0 Å². The zero-order valence-corrected chi connectivity index (χ0v) is 15.3. The molecular weight excluding hydrogens is 350 g/mol. The molecule has 4 nitrogen and oxygen atoms in total. The van der Waals surface area contributed by atoms with Gasteiger partial charge in [-0.1, -0.05) is 17.7 Å². The molecular formula is C21H20ClNO3. The fourth-order valence-corrected chi connectivity index (χ4v) is 4.84. The largest absolute Gasteiger partial charge is 0.490 e. The van der Waals surface area contributed by atoms with Gasteiger partial charge in [0, 0.05) is 17.0 Å². The molecule has 0 amide bonds. The van der Waals surface area contributed by atoms with Gasteiger partial charge in [-0.15, -0.1) is 0 Å². The van der Waals surface area contributed by atoms with Crippen molar-refractivity contribution in [3.63, 3.8) is 0 Å². The molecule has 2 aromatic rings. The fraction of sp³-hybridized carbons (Fsp3) is 0.381. The predicted molar refractivity (Wildman–Crippen MR) is 100 cm³/mol. The van der Waals surface area contributed by atoms with Crippen molar-refractivity contribution in [1.82, 2.24) is 0 Å². The van der Waals surface area contributed by atoms with Crippen LogP contribution in [0.2, 0.25) is 5.02 Å². The minimum atomic E-state index is -0.341. The molecule has 134 valence electrons. The highest BCUT2D eigenvalue weighted by Gasteiger charge is 2.53. The molecule has 5 rings (SSSR count). The quantitative estimate of drug-likeness (QED) is 0.758. The van der Waals surface area contributed by atoms with Crippen molar-refractivity contribution in [3.05, 3.63) is 58.1 Å². The summed E-state index contributed by atoms with van der Waals surface area (Å²) in [6, 6.07) is 11.7. The molecule has 1 spiro atoms. The van der Waals surface area contributed by atoms with Gasteiger partial charge in [0.2, 0.25) is 0 Å². The SMILES string of the molecule is COC(=O)c1ccc2c(c1)NC[C@]1(CO2)C[C@@H]2C[C@@H]2c2cc(Cl)ccc21. The number of nitrogens with one attached hydrogen (secondary N) is 1. The number of halogens is 1. The van der Waals surface area contributed by atoms with Crippen LogP contribution in [0.4, 0.5) is 5.69 Å². The van der Waals surface area contributed by atoms with Crippen LogP contribution in [0.15, 0.2) is 36.4 Å². The van der Waals surface area contributed by atoms with Gasteiger partial charge in [-0.2, -0.15) is 0 Å². The van der Waals surface area contributed by atoms with E-state index in [1.54, 1.807) is 6.07 Å². The highest BCUT2D eigenvalue weighted by Crippen LogP contribution is 2.60. The van der Waals surface area contributed by atoms with Crippen LogP contribution in [0.5, 0.6) is 5.75 Å². The van der Waals surface area contributed by atoms with Gasteiger partial charge in [0.25, 0.3) is 0 Å². The zero-order chi connectivity index (χ0) is 17.9. The maximum Gasteiger partial charge on any atom is 0.337 e. The molecule has 1 saturated carbocycles. The number of carbonyl (C=O) groups excluding carboxylic acids is 1. The Kier molecular flexibility index (Phi) is 3.48. The lowest BCUT2D eigenvalue weighted by atomic mass is 9.70. The van der Waals surface area contributed by atoms with Gasteiger partial charge in [-0.05, 0) is 66.1 Å². The van der Waals surface area contributed by atoms with Gasteiger partial charge in [0.15, 0.2) is 0 Å². The minimum absolute atomic E-state index is 0.0674. The van der Waals surface area contributed by atoms with Gasteiger partial charge < -0.3 is 14.8 Å². The van der Waals surface area contributed by atoms with E-state index in [-0.39, 0.29) is 11.4 Å². The van der Waals surface area contributed by atoms with E-state index < -0.39 is 0 Å². The van der Waals surface area contributed by atoms with Crippen molar-refractivity contribution in [2.45, 2.75) is 24.2 Å². The highest BCUT2D eigenvalue weighted by atomic mass is 35.5. The van der Waals surface area contributed by atoms with E-state index in [0.29, 0.717) is 18.1 Å². The van der Waals surface area contributed by atoms with Gasteiger partial charge in [-0.3, -0.25) is 0 Å². The predicted octanol–water partition coefficient (Wildman–Crippen LogP) is 4.38. The number of hydrogen-bond donors (Lipinski definition) is 1. The second-order valence-electron chi connectivity index (χ2n) is 7.66. The van der Waals surface area contributed by atoms with Crippen LogP contribution < -0.4 is 10.1 Å². The molecule has 2 aliphatic carbocycles. The molecule has 1 heterocycles. The van der Waals surface area contributed by atoms with Crippen LogP contribution in [0, 0.1) is 5.92 Å². The summed E-state index contributed by atoms with van der Waals surface area (Å²) in [5.74, 6) is 1.82. The topological polar surface area (TPSA) is 47.6 Å². The summed E-state index contributed by atoms with van der Waals surface area (Å²) in [5.41, 5.74) is 4.05. The average Bonchev–Trinajstić information content (AvgIpc) is 3.45. The number of anilines is 1. The Hall–Kier alpha value is -2.20. The number of hydrogen-bond acceptors (Lipinski definition) is 4. The summed E-state index contributed by atoms with van der Waals surface area (Å²) in [5, 5.41) is 4.34. The molecule has 0 saturated heterocycles. The summed E-state index contributed by atoms with van der Waals surface area (Å²) < 4.78 is 11.0. The lowest BCUT2D eigenvalue weighted by molar-refractivity contribution is 0.0600. The third-order valence-corrected chi connectivity index (χ3v) is 6.32. The zero-order valence-electron chi connectivity index (χ0n) is 14.5. The monoisotopic (exact) mass is 369 g/mol. The molecule has 0 unspecified atom stereocenters. The fourth-order valence-electron chi connectivity index (χ4n) is 4.66. The number of fused-ring (bicyclic) bond motifs is 5. The van der Waals surface area contributed by atoms with Crippen LogP contribution in [0.25, 0.3) is 0 Å². The van der Waals surface area contributed by atoms with Crippen molar-refractivity contribution in [2.75, 3.05) is 25.6 Å². The van der Waals surface area contributed by atoms with Crippen LogP contribution in [0.1, 0.15) is 40.2 Å². The van der Waals surface area contributed by atoms with Gasteiger partial charge >= 0.3 is 5.97 Å². The maximum absolute atomic E-state index is 11.8. The number of rotatable bonds is 1. The second kappa shape index (κ2) is 5.65. The molecule has 1 fully saturated rings. The number of ether oxygens (including phenoxy) is 2. The van der Waals surface area contributed by atoms with Gasteiger partial charge in [0.1, 0.15) is 5.75 Å². The smallest absolute Gasteiger partial charge is 0.337 e. The molecule has 0 radical (unpaired) electrons. The van der Waals surface area contributed by atoms with Crippen molar-refractivity contribution < 1.29 is 14.3 Å². The molecule has 1 N–H and O–H groups in total. The number of carbonyl (C=O) groups is 1. The minimum Gasteiger partial charge on any atom is -0.490 e. The third kappa shape index (κ3) is 2.39. The Morgan fingerprint density at radius 3 is 3.04 bits per heavy atom. The number of benzene rings is 2. The number of esters is 1. The van der Waals surface area contributed by atoms with E-state index in [1.807, 2.05) is 18.2 Å². The molecule has 3 aliphatic rings. The van der Waals surface area contributed by atoms with E-state index in [9.17, 15) is 4.79 Å². The lowest BCUT2D eigenvalue weighted by Gasteiger charge is -2.37. The summed E-state index contributed by atoms with van der Waals surface area (Å²) >= 11 is 6.26. The molecule has 3 atom stereocenters. The van der Waals surface area contributed by atoms with Crippen LogP contribution in [0.3, 0.4) is 0 Å². The molecule has 0 aromatic heterocycles. The summed E-state index contributed by atoms with van der Waals surface area (Å²) in [6.07, 6.45) is 2.37. The Balaban J connectivity index is 1.51. The Labute approximate surface area is 157 Å². The van der Waals surface area contributed by atoms with E-state index in [4.69, 9.17) is 21.1 Å². The summed E-state index contributed by atoms with van der Waals surface area (Å²) in [4.78, 5) is 11.8. The molecule has 5 heteroatoms. The van der Waals surface area contributed by atoms with Crippen LogP contribution in [-0.4, -0.2) is 26.2 Å². The first kappa shape index (κ1) is 16.0. The summed E-state index contributed by atoms with van der Waals surface area (Å²) in [7, 11) is 1.39. The van der Waals surface area contributed by atoms with E-state index >= 15 is 0 Å². The van der Waals surface area contributed by atoms with Crippen molar-refractivity contribution in [3.8, 4) is 5.75 Å². The molecule has 2 aromatic carbocycles. The lowest BCUT2D eigenvalue weighted by Crippen LogP contribution is -2.41. The molecule has 1 aliphatic heterocycles. The first-order chi connectivity index (χ1) is 12.6. The van der Waals surface area contributed by atoms with Crippen LogP contribution >= 0.6 is 11.6 Å². The summed E-state index contributed by atoms with van der Waals surface area (Å²) in [6.45, 7) is 1.41. The highest BCUT2D eigenvalue weighted by molar-refractivity contribution is 6.30.